The van der Waals surface area contributed by atoms with Crippen LogP contribution in [0.2, 0.25) is 0 Å². The Morgan fingerprint density at radius 1 is 1.39 bits per heavy atom. The molecule has 1 unspecified atom stereocenters. The number of aryl methyl sites for hydroxylation is 1. The molecule has 0 spiro atoms. The van der Waals surface area contributed by atoms with Gasteiger partial charge in [0.2, 0.25) is 0 Å². The first-order valence-electron chi connectivity index (χ1n) is 5.68. The number of rotatable bonds is 3. The maximum Gasteiger partial charge on any atom is 0.252 e. The molecule has 1 aromatic carbocycles. The van der Waals surface area contributed by atoms with Crippen molar-refractivity contribution in [2.24, 2.45) is 0 Å². The molecule has 0 radical (unpaired) electrons. The summed E-state index contributed by atoms with van der Waals surface area (Å²) in [7, 11) is 0. The highest BCUT2D eigenvalue weighted by molar-refractivity contribution is 7.10. The zero-order valence-electron chi connectivity index (χ0n) is 10.2. The van der Waals surface area contributed by atoms with Crippen molar-refractivity contribution in [3.05, 3.63) is 57.5 Å². The van der Waals surface area contributed by atoms with Gasteiger partial charge in [-0.15, -0.1) is 11.3 Å². The van der Waals surface area contributed by atoms with Gasteiger partial charge in [0, 0.05) is 10.4 Å². The Balaban J connectivity index is 2.12. The first-order chi connectivity index (χ1) is 8.58. The van der Waals surface area contributed by atoms with E-state index in [0.717, 1.165) is 4.88 Å². The summed E-state index contributed by atoms with van der Waals surface area (Å²) in [6.45, 7) is 3.66. The van der Waals surface area contributed by atoms with E-state index in [-0.39, 0.29) is 17.8 Å². The summed E-state index contributed by atoms with van der Waals surface area (Å²) in [5, 5.41) is 4.88. The molecule has 1 heterocycles. The molecule has 1 atom stereocenters. The van der Waals surface area contributed by atoms with Crippen molar-refractivity contribution in [3.63, 3.8) is 0 Å². The number of amides is 1. The van der Waals surface area contributed by atoms with Crippen LogP contribution < -0.4 is 5.32 Å². The van der Waals surface area contributed by atoms with Gasteiger partial charge in [-0.1, -0.05) is 6.07 Å². The van der Waals surface area contributed by atoms with Crippen LogP contribution in [0.25, 0.3) is 0 Å². The normalized spacial score (nSPS) is 12.2. The van der Waals surface area contributed by atoms with Crippen molar-refractivity contribution >= 4 is 17.2 Å². The lowest BCUT2D eigenvalue weighted by atomic mass is 10.1. The van der Waals surface area contributed by atoms with Gasteiger partial charge < -0.3 is 5.32 Å². The van der Waals surface area contributed by atoms with Gasteiger partial charge in [-0.3, -0.25) is 4.79 Å². The van der Waals surface area contributed by atoms with E-state index in [2.05, 4.69) is 5.32 Å². The van der Waals surface area contributed by atoms with Crippen molar-refractivity contribution in [1.82, 2.24) is 5.32 Å². The number of nitrogens with one attached hydrogen (secondary N) is 1. The summed E-state index contributed by atoms with van der Waals surface area (Å²) in [5.41, 5.74) is 1.16. The monoisotopic (exact) mass is 263 g/mol. The molecule has 18 heavy (non-hydrogen) atoms. The van der Waals surface area contributed by atoms with Gasteiger partial charge in [0.05, 0.1) is 6.04 Å². The highest BCUT2D eigenvalue weighted by atomic mass is 32.1. The highest BCUT2D eigenvalue weighted by Gasteiger charge is 2.14. The second-order valence-corrected chi connectivity index (χ2v) is 5.15. The molecular weight excluding hydrogens is 249 g/mol. The van der Waals surface area contributed by atoms with Crippen LogP contribution in [-0.4, -0.2) is 5.91 Å². The van der Waals surface area contributed by atoms with Crippen LogP contribution in [-0.2, 0) is 0 Å². The van der Waals surface area contributed by atoms with Crippen molar-refractivity contribution in [2.45, 2.75) is 19.9 Å². The summed E-state index contributed by atoms with van der Waals surface area (Å²) >= 11 is 1.60. The molecule has 94 valence electrons. The Bertz CT molecular complexity index is 551. The average molecular weight is 263 g/mol. The molecule has 0 aliphatic heterocycles. The van der Waals surface area contributed by atoms with Crippen molar-refractivity contribution in [3.8, 4) is 0 Å². The van der Waals surface area contributed by atoms with Gasteiger partial charge in [-0.05, 0) is 49.1 Å². The zero-order chi connectivity index (χ0) is 13.1. The standard InChI is InChI=1S/C14H14FNOS/c1-9-8-11(15)5-6-12(9)14(17)16-10(2)13-4-3-7-18-13/h3-8,10H,1-2H3,(H,16,17). The molecule has 0 saturated heterocycles. The van der Waals surface area contributed by atoms with Crippen LogP contribution in [0.3, 0.4) is 0 Å². The van der Waals surface area contributed by atoms with Gasteiger partial charge in [0.1, 0.15) is 5.82 Å². The quantitative estimate of drug-likeness (QED) is 0.899. The molecule has 0 bridgehead atoms. The maximum atomic E-state index is 13.0. The molecule has 0 saturated carbocycles. The zero-order valence-corrected chi connectivity index (χ0v) is 11.1. The van der Waals surface area contributed by atoms with Crippen LogP contribution in [0.15, 0.2) is 35.7 Å². The van der Waals surface area contributed by atoms with Gasteiger partial charge in [-0.25, -0.2) is 4.39 Å². The number of halogens is 1. The Labute approximate surface area is 109 Å². The minimum absolute atomic E-state index is 0.0399. The Kier molecular flexibility index (Phi) is 3.77. The SMILES string of the molecule is Cc1cc(F)ccc1C(=O)NC(C)c1cccs1. The van der Waals surface area contributed by atoms with Gasteiger partial charge >= 0.3 is 0 Å². The van der Waals surface area contributed by atoms with Crippen molar-refractivity contribution in [2.75, 3.05) is 0 Å². The molecular formula is C14H14FNOS. The molecule has 1 amide bonds. The fourth-order valence-corrected chi connectivity index (χ4v) is 2.50. The van der Waals surface area contributed by atoms with Crippen LogP contribution in [0.5, 0.6) is 0 Å². The van der Waals surface area contributed by atoms with Crippen LogP contribution in [0.1, 0.15) is 33.8 Å². The smallest absolute Gasteiger partial charge is 0.252 e. The summed E-state index contributed by atoms with van der Waals surface area (Å²) in [5.74, 6) is -0.497. The lowest BCUT2D eigenvalue weighted by Gasteiger charge is -2.13. The van der Waals surface area contributed by atoms with Crippen LogP contribution >= 0.6 is 11.3 Å². The summed E-state index contributed by atoms with van der Waals surface area (Å²) in [4.78, 5) is 13.2. The number of carbonyl (C=O) groups is 1. The highest BCUT2D eigenvalue weighted by Crippen LogP contribution is 2.19. The molecule has 0 fully saturated rings. The van der Waals surface area contributed by atoms with Gasteiger partial charge in [0.25, 0.3) is 5.91 Å². The Hall–Kier alpha value is -1.68. The summed E-state index contributed by atoms with van der Waals surface area (Å²) in [6, 6.07) is 8.07. The first-order valence-corrected chi connectivity index (χ1v) is 6.56. The van der Waals surface area contributed by atoms with Gasteiger partial charge in [0.15, 0.2) is 0 Å². The first kappa shape index (κ1) is 12.8. The predicted molar refractivity (Wildman–Crippen MR) is 71.3 cm³/mol. The second kappa shape index (κ2) is 5.31. The third-order valence-electron chi connectivity index (χ3n) is 2.75. The molecule has 2 aromatic rings. The van der Waals surface area contributed by atoms with E-state index in [9.17, 15) is 9.18 Å². The lowest BCUT2D eigenvalue weighted by molar-refractivity contribution is 0.0940. The minimum atomic E-state index is -0.324. The molecule has 1 N–H and O–H groups in total. The molecule has 2 nitrogen and oxygen atoms in total. The van der Waals surface area contributed by atoms with Crippen molar-refractivity contribution in [1.29, 1.82) is 0 Å². The molecule has 4 heteroatoms. The Morgan fingerprint density at radius 2 is 2.17 bits per heavy atom. The lowest BCUT2D eigenvalue weighted by Crippen LogP contribution is -2.26. The summed E-state index contributed by atoms with van der Waals surface area (Å²) in [6.07, 6.45) is 0. The van der Waals surface area contributed by atoms with E-state index in [4.69, 9.17) is 0 Å². The Morgan fingerprint density at radius 3 is 2.78 bits per heavy atom. The third-order valence-corrected chi connectivity index (χ3v) is 3.81. The number of benzene rings is 1. The van der Waals surface area contributed by atoms with E-state index in [1.54, 1.807) is 18.3 Å². The number of hydrogen-bond donors (Lipinski definition) is 1. The van der Waals surface area contributed by atoms with E-state index < -0.39 is 0 Å². The van der Waals surface area contributed by atoms with Gasteiger partial charge in [-0.2, -0.15) is 0 Å². The molecule has 0 aliphatic carbocycles. The number of thiophene rings is 1. The van der Waals surface area contributed by atoms with Crippen molar-refractivity contribution < 1.29 is 9.18 Å². The molecule has 1 aromatic heterocycles. The molecule has 0 aliphatic rings. The van der Waals surface area contributed by atoms with E-state index in [0.29, 0.717) is 11.1 Å². The number of hydrogen-bond acceptors (Lipinski definition) is 2. The topological polar surface area (TPSA) is 29.1 Å². The maximum absolute atomic E-state index is 13.0. The van der Waals surface area contributed by atoms with Crippen LogP contribution in [0.4, 0.5) is 4.39 Å². The average Bonchev–Trinajstić information content (AvgIpc) is 2.81. The third kappa shape index (κ3) is 2.76. The fourth-order valence-electron chi connectivity index (χ4n) is 1.77. The second-order valence-electron chi connectivity index (χ2n) is 4.17. The predicted octanol–water partition coefficient (Wildman–Crippen LogP) is 3.69. The number of carbonyl (C=O) groups excluding carboxylic acids is 1. The van der Waals surface area contributed by atoms with E-state index in [1.165, 1.54) is 18.2 Å². The minimum Gasteiger partial charge on any atom is -0.345 e. The van der Waals surface area contributed by atoms with E-state index in [1.807, 2.05) is 24.4 Å². The summed E-state index contributed by atoms with van der Waals surface area (Å²) < 4.78 is 13.0. The molecule has 2 rings (SSSR count). The largest absolute Gasteiger partial charge is 0.345 e. The van der Waals surface area contributed by atoms with E-state index >= 15 is 0 Å². The fraction of sp³-hybridized carbons (Fsp3) is 0.214. The van der Waals surface area contributed by atoms with Crippen LogP contribution in [0, 0.1) is 12.7 Å².